The predicted molar refractivity (Wildman–Crippen MR) is 41.5 cm³/mol. The van der Waals surface area contributed by atoms with Gasteiger partial charge in [0.05, 0.1) is 19.7 Å². The van der Waals surface area contributed by atoms with E-state index < -0.39 is 8.07 Å². The van der Waals surface area contributed by atoms with Gasteiger partial charge in [-0.3, -0.25) is 0 Å². The van der Waals surface area contributed by atoms with Crippen LogP contribution in [-0.4, -0.2) is 14.3 Å². The maximum Gasteiger partial charge on any atom is 0.0726 e. The smallest absolute Gasteiger partial charge is 0.0726 e. The number of nitriles is 1. The van der Waals surface area contributed by atoms with Gasteiger partial charge in [0.1, 0.15) is 0 Å². The van der Waals surface area contributed by atoms with E-state index in [4.69, 9.17) is 10.7 Å². The van der Waals surface area contributed by atoms with Gasteiger partial charge in [0.2, 0.25) is 0 Å². The molecule has 0 spiro atoms. The lowest BCUT2D eigenvalue weighted by molar-refractivity contribution is 1.31. The van der Waals surface area contributed by atoms with Crippen molar-refractivity contribution in [2.24, 2.45) is 0 Å². The van der Waals surface area contributed by atoms with Gasteiger partial charge >= 0.3 is 0 Å². The molecule has 0 bridgehead atoms. The first-order valence-electron chi connectivity index (χ1n) is 2.92. The third-order valence-corrected chi connectivity index (χ3v) is 3.40. The standard InChI is InChI=1S/C6H12N2Si/c1-9(2,3)6(4-7)5-8/h4,6-7H,1-3H3. The van der Waals surface area contributed by atoms with Gasteiger partial charge in [0.15, 0.2) is 0 Å². The summed E-state index contributed by atoms with van der Waals surface area (Å²) in [5.41, 5.74) is -0.113. The van der Waals surface area contributed by atoms with Gasteiger partial charge in [0, 0.05) is 6.21 Å². The van der Waals surface area contributed by atoms with Gasteiger partial charge in [-0.25, -0.2) is 0 Å². The van der Waals surface area contributed by atoms with Crippen molar-refractivity contribution in [2.45, 2.75) is 25.2 Å². The van der Waals surface area contributed by atoms with Crippen molar-refractivity contribution in [3.05, 3.63) is 0 Å². The highest BCUT2D eigenvalue weighted by Crippen LogP contribution is 2.17. The zero-order valence-corrected chi connectivity index (χ0v) is 7.10. The fraction of sp³-hybridized carbons (Fsp3) is 0.667. The molecule has 0 heterocycles. The zero-order valence-electron chi connectivity index (χ0n) is 6.10. The highest BCUT2D eigenvalue weighted by Gasteiger charge is 2.23. The molecular formula is C6H12N2Si. The molecule has 1 N–H and O–H groups in total. The van der Waals surface area contributed by atoms with Gasteiger partial charge < -0.3 is 5.41 Å². The van der Waals surface area contributed by atoms with E-state index in [0.717, 1.165) is 0 Å². The Morgan fingerprint density at radius 2 is 2.00 bits per heavy atom. The Morgan fingerprint density at radius 3 is 2.00 bits per heavy atom. The molecule has 0 aromatic rings. The molecule has 0 aliphatic rings. The van der Waals surface area contributed by atoms with Gasteiger partial charge in [0.25, 0.3) is 0 Å². The second kappa shape index (κ2) is 2.79. The van der Waals surface area contributed by atoms with Crippen molar-refractivity contribution in [1.82, 2.24) is 0 Å². The molecule has 0 aliphatic carbocycles. The van der Waals surface area contributed by atoms with Crippen LogP contribution < -0.4 is 0 Å². The average Bonchev–Trinajstić information content (AvgIpc) is 1.65. The topological polar surface area (TPSA) is 47.6 Å². The highest BCUT2D eigenvalue weighted by molar-refractivity contribution is 6.80. The third-order valence-electron chi connectivity index (χ3n) is 1.24. The van der Waals surface area contributed by atoms with E-state index in [2.05, 4.69) is 25.7 Å². The van der Waals surface area contributed by atoms with Crippen molar-refractivity contribution < 1.29 is 0 Å². The maximum atomic E-state index is 8.50. The van der Waals surface area contributed by atoms with Crippen LogP contribution in [0.1, 0.15) is 0 Å². The summed E-state index contributed by atoms with van der Waals surface area (Å²) in [4.78, 5) is 0. The zero-order chi connectivity index (χ0) is 7.49. The summed E-state index contributed by atoms with van der Waals surface area (Å²) in [5, 5.41) is 15.4. The first-order valence-corrected chi connectivity index (χ1v) is 6.50. The van der Waals surface area contributed by atoms with Crippen LogP contribution >= 0.6 is 0 Å². The number of hydrogen-bond acceptors (Lipinski definition) is 2. The Kier molecular flexibility index (Phi) is 2.59. The molecule has 0 radical (unpaired) electrons. The Hall–Kier alpha value is -0.623. The fourth-order valence-corrected chi connectivity index (χ4v) is 1.37. The molecule has 50 valence electrons. The van der Waals surface area contributed by atoms with E-state index in [0.29, 0.717) is 0 Å². The van der Waals surface area contributed by atoms with Crippen LogP contribution in [0.2, 0.25) is 25.2 Å². The number of hydrogen-bond donors (Lipinski definition) is 1. The Balaban J connectivity index is 4.16. The van der Waals surface area contributed by atoms with Gasteiger partial charge in [-0.2, -0.15) is 5.26 Å². The van der Waals surface area contributed by atoms with Gasteiger partial charge in [-0.15, -0.1) is 0 Å². The van der Waals surface area contributed by atoms with Crippen LogP contribution in [-0.2, 0) is 0 Å². The van der Waals surface area contributed by atoms with E-state index in [-0.39, 0.29) is 5.54 Å². The number of nitrogens with zero attached hydrogens (tertiary/aromatic N) is 1. The molecule has 0 aliphatic heterocycles. The maximum absolute atomic E-state index is 8.50. The van der Waals surface area contributed by atoms with E-state index >= 15 is 0 Å². The molecule has 0 fully saturated rings. The van der Waals surface area contributed by atoms with Crippen molar-refractivity contribution in [2.75, 3.05) is 0 Å². The van der Waals surface area contributed by atoms with E-state index in [1.165, 1.54) is 6.21 Å². The van der Waals surface area contributed by atoms with Crippen molar-refractivity contribution >= 4 is 14.3 Å². The second-order valence-electron chi connectivity index (χ2n) is 3.14. The summed E-state index contributed by atoms with van der Waals surface area (Å²) >= 11 is 0. The quantitative estimate of drug-likeness (QED) is 0.462. The summed E-state index contributed by atoms with van der Waals surface area (Å²) in [6.45, 7) is 6.27. The summed E-state index contributed by atoms with van der Waals surface area (Å²) < 4.78 is 0. The Labute approximate surface area is 57.0 Å². The molecule has 1 unspecified atom stereocenters. The minimum absolute atomic E-state index is 0.113. The van der Waals surface area contributed by atoms with E-state index in [1.54, 1.807) is 0 Å². The molecule has 0 amide bonds. The summed E-state index contributed by atoms with van der Waals surface area (Å²) in [7, 11) is -1.39. The molecule has 0 saturated carbocycles. The van der Waals surface area contributed by atoms with E-state index in [9.17, 15) is 0 Å². The molecule has 0 aromatic carbocycles. The normalized spacial score (nSPS) is 14.0. The van der Waals surface area contributed by atoms with Gasteiger partial charge in [-0.1, -0.05) is 19.6 Å². The van der Waals surface area contributed by atoms with Crippen LogP contribution in [0.4, 0.5) is 0 Å². The first-order chi connectivity index (χ1) is 4.02. The van der Waals surface area contributed by atoms with Crippen LogP contribution in [0.15, 0.2) is 0 Å². The average molecular weight is 140 g/mol. The highest BCUT2D eigenvalue weighted by atomic mass is 28.3. The van der Waals surface area contributed by atoms with E-state index in [1.807, 2.05) is 0 Å². The molecule has 2 nitrogen and oxygen atoms in total. The Morgan fingerprint density at radius 1 is 1.56 bits per heavy atom. The minimum atomic E-state index is -1.39. The van der Waals surface area contributed by atoms with Crippen molar-refractivity contribution in [1.29, 1.82) is 10.7 Å². The third kappa shape index (κ3) is 2.43. The van der Waals surface area contributed by atoms with Crippen LogP contribution in [0.25, 0.3) is 0 Å². The fourth-order valence-electron chi connectivity index (χ4n) is 0.481. The molecule has 1 atom stereocenters. The Bertz CT molecular complexity index is 140. The lowest BCUT2D eigenvalue weighted by Crippen LogP contribution is -2.27. The van der Waals surface area contributed by atoms with Crippen molar-refractivity contribution in [3.63, 3.8) is 0 Å². The molecule has 0 rings (SSSR count). The molecule has 0 aromatic heterocycles. The van der Waals surface area contributed by atoms with Crippen LogP contribution in [0, 0.1) is 16.7 Å². The number of rotatable bonds is 2. The lowest BCUT2D eigenvalue weighted by atomic mass is 10.5. The predicted octanol–water partition coefficient (Wildman–Crippen LogP) is 1.87. The minimum Gasteiger partial charge on any atom is -0.312 e. The monoisotopic (exact) mass is 140 g/mol. The number of nitrogens with one attached hydrogen (secondary N) is 1. The second-order valence-corrected chi connectivity index (χ2v) is 8.49. The largest absolute Gasteiger partial charge is 0.312 e. The lowest BCUT2D eigenvalue weighted by Gasteiger charge is -2.17. The summed E-state index contributed by atoms with van der Waals surface area (Å²) in [5.74, 6) is 0. The molecule has 9 heavy (non-hydrogen) atoms. The SMILES string of the molecule is C[Si](C)(C)C(C#N)C=N. The molecular weight excluding hydrogens is 128 g/mol. The molecule has 3 heteroatoms. The van der Waals surface area contributed by atoms with Crippen molar-refractivity contribution in [3.8, 4) is 6.07 Å². The summed E-state index contributed by atoms with van der Waals surface area (Å²) in [6.07, 6.45) is 1.26. The first kappa shape index (κ1) is 8.38. The molecule has 0 saturated heterocycles. The van der Waals surface area contributed by atoms with Gasteiger partial charge in [-0.05, 0) is 0 Å². The van der Waals surface area contributed by atoms with Crippen LogP contribution in [0.3, 0.4) is 0 Å². The van der Waals surface area contributed by atoms with Crippen LogP contribution in [0.5, 0.6) is 0 Å². The summed E-state index contributed by atoms with van der Waals surface area (Å²) in [6, 6.07) is 2.11.